The van der Waals surface area contributed by atoms with Crippen molar-refractivity contribution in [3.63, 3.8) is 0 Å². The zero-order valence-electron chi connectivity index (χ0n) is 9.24. The number of ether oxygens (including phenoxy) is 1. The number of nitrogens with one attached hydrogen (secondary N) is 1. The number of aryl methyl sites for hydroxylation is 1. The Kier molecular flexibility index (Phi) is 3.40. The van der Waals surface area contributed by atoms with Gasteiger partial charge in [-0.25, -0.2) is 0 Å². The van der Waals surface area contributed by atoms with Crippen molar-refractivity contribution in [2.24, 2.45) is 7.05 Å². The van der Waals surface area contributed by atoms with Gasteiger partial charge in [-0.2, -0.15) is 10.1 Å². The summed E-state index contributed by atoms with van der Waals surface area (Å²) in [5.41, 5.74) is 0. The second kappa shape index (κ2) is 4.81. The van der Waals surface area contributed by atoms with Crippen LogP contribution in [-0.2, 0) is 7.05 Å². The Balaban J connectivity index is 2.32. The summed E-state index contributed by atoms with van der Waals surface area (Å²) in [5, 5.41) is 7.62. The van der Waals surface area contributed by atoms with Crippen LogP contribution >= 0.6 is 23.2 Å². The first-order valence-corrected chi connectivity index (χ1v) is 5.56. The van der Waals surface area contributed by atoms with Crippen molar-refractivity contribution < 1.29 is 4.74 Å². The highest BCUT2D eigenvalue weighted by molar-refractivity contribution is 6.36. The highest BCUT2D eigenvalue weighted by Crippen LogP contribution is 2.32. The summed E-state index contributed by atoms with van der Waals surface area (Å²) in [4.78, 5) is 4.16. The van der Waals surface area contributed by atoms with Crippen LogP contribution in [-0.4, -0.2) is 21.8 Å². The maximum Gasteiger partial charge on any atom is 0.240 e. The molecule has 1 N–H and O–H groups in total. The second-order valence-corrected chi connectivity index (χ2v) is 4.12. The number of aromatic nitrogens is 3. The van der Waals surface area contributed by atoms with Crippen LogP contribution in [0.1, 0.15) is 0 Å². The zero-order valence-corrected chi connectivity index (χ0v) is 10.7. The molecule has 0 spiro atoms. The summed E-state index contributed by atoms with van der Waals surface area (Å²) in [6, 6.07) is 1.58. The topological polar surface area (TPSA) is 52.0 Å². The largest absolute Gasteiger partial charge is 0.434 e. The molecule has 0 saturated heterocycles. The number of pyridine rings is 1. The SMILES string of the molecule is CNc1nc(Oc2cnn(C)c2)c(Cl)cc1Cl. The van der Waals surface area contributed by atoms with Gasteiger partial charge in [-0.1, -0.05) is 23.2 Å². The maximum atomic E-state index is 5.99. The van der Waals surface area contributed by atoms with Crippen LogP contribution in [0.4, 0.5) is 5.82 Å². The molecular formula is C10H10Cl2N4O. The van der Waals surface area contributed by atoms with Crippen LogP contribution < -0.4 is 10.1 Å². The molecule has 0 atom stereocenters. The van der Waals surface area contributed by atoms with Crippen molar-refractivity contribution >= 4 is 29.0 Å². The first-order valence-electron chi connectivity index (χ1n) is 4.80. The molecule has 0 aliphatic rings. The van der Waals surface area contributed by atoms with Crippen molar-refractivity contribution in [3.05, 3.63) is 28.5 Å². The van der Waals surface area contributed by atoms with E-state index in [0.29, 0.717) is 21.6 Å². The molecule has 0 radical (unpaired) electrons. The first kappa shape index (κ1) is 12.0. The lowest BCUT2D eigenvalue weighted by atomic mass is 10.4. The Morgan fingerprint density at radius 1 is 1.35 bits per heavy atom. The van der Waals surface area contributed by atoms with Crippen molar-refractivity contribution in [2.45, 2.75) is 0 Å². The summed E-state index contributed by atoms with van der Waals surface area (Å²) in [5.74, 6) is 1.36. The predicted octanol–water partition coefficient (Wildman–Crippen LogP) is 2.96. The second-order valence-electron chi connectivity index (χ2n) is 3.31. The van der Waals surface area contributed by atoms with Crippen LogP contribution in [0.3, 0.4) is 0 Å². The number of rotatable bonds is 3. The normalized spacial score (nSPS) is 10.4. The summed E-state index contributed by atoms with van der Waals surface area (Å²) in [7, 11) is 3.51. The van der Waals surface area contributed by atoms with Gasteiger partial charge in [0.15, 0.2) is 5.75 Å². The fourth-order valence-corrected chi connectivity index (χ4v) is 1.75. The number of halogens is 2. The average Bonchev–Trinajstić information content (AvgIpc) is 2.68. The Morgan fingerprint density at radius 2 is 2.12 bits per heavy atom. The Morgan fingerprint density at radius 3 is 2.71 bits per heavy atom. The van der Waals surface area contributed by atoms with E-state index in [1.807, 2.05) is 0 Å². The van der Waals surface area contributed by atoms with Gasteiger partial charge in [0.2, 0.25) is 5.88 Å². The fourth-order valence-electron chi connectivity index (χ4n) is 1.26. The van der Waals surface area contributed by atoms with Gasteiger partial charge >= 0.3 is 0 Å². The Labute approximate surface area is 108 Å². The van der Waals surface area contributed by atoms with Gasteiger partial charge in [0.05, 0.1) is 17.4 Å². The maximum absolute atomic E-state index is 5.99. The van der Waals surface area contributed by atoms with Crippen molar-refractivity contribution in [2.75, 3.05) is 12.4 Å². The number of hydrogen-bond acceptors (Lipinski definition) is 4. The molecule has 0 amide bonds. The van der Waals surface area contributed by atoms with Crippen LogP contribution in [0.15, 0.2) is 18.5 Å². The average molecular weight is 273 g/mol. The third-order valence-electron chi connectivity index (χ3n) is 2.03. The van der Waals surface area contributed by atoms with E-state index in [1.165, 1.54) is 0 Å². The van der Waals surface area contributed by atoms with Gasteiger partial charge in [0, 0.05) is 14.1 Å². The molecule has 0 bridgehead atoms. The molecule has 0 aromatic carbocycles. The number of nitrogens with zero attached hydrogens (tertiary/aromatic N) is 3. The molecule has 0 aliphatic heterocycles. The summed E-state index contributed by atoms with van der Waals surface area (Å²) < 4.78 is 7.13. The molecule has 5 nitrogen and oxygen atoms in total. The molecule has 2 heterocycles. The molecule has 90 valence electrons. The highest BCUT2D eigenvalue weighted by Gasteiger charge is 2.11. The monoisotopic (exact) mass is 272 g/mol. The molecule has 7 heteroatoms. The molecule has 0 unspecified atom stereocenters. The summed E-state index contributed by atoms with van der Waals surface area (Å²) >= 11 is 11.9. The highest BCUT2D eigenvalue weighted by atomic mass is 35.5. The van der Waals surface area contributed by atoms with E-state index < -0.39 is 0 Å². The lowest BCUT2D eigenvalue weighted by molar-refractivity contribution is 0.463. The lowest BCUT2D eigenvalue weighted by Crippen LogP contribution is -1.96. The van der Waals surface area contributed by atoms with Crippen molar-refractivity contribution in [1.82, 2.24) is 14.8 Å². The Bertz CT molecular complexity index is 541. The molecule has 2 rings (SSSR count). The van der Waals surface area contributed by atoms with Gasteiger partial charge in [-0.05, 0) is 6.07 Å². The minimum absolute atomic E-state index is 0.286. The van der Waals surface area contributed by atoms with Crippen molar-refractivity contribution in [3.8, 4) is 11.6 Å². The van der Waals surface area contributed by atoms with Gasteiger partial charge in [-0.15, -0.1) is 0 Å². The van der Waals surface area contributed by atoms with Gasteiger partial charge < -0.3 is 10.1 Å². The fraction of sp³-hybridized carbons (Fsp3) is 0.200. The van der Waals surface area contributed by atoms with E-state index in [0.717, 1.165) is 0 Å². The zero-order chi connectivity index (χ0) is 12.4. The predicted molar refractivity (Wildman–Crippen MR) is 67.1 cm³/mol. The van der Waals surface area contributed by atoms with Crippen LogP contribution in [0.25, 0.3) is 0 Å². The van der Waals surface area contributed by atoms with Gasteiger partial charge in [0.1, 0.15) is 10.8 Å². The van der Waals surface area contributed by atoms with Gasteiger partial charge in [-0.3, -0.25) is 4.68 Å². The third kappa shape index (κ3) is 2.62. The van der Waals surface area contributed by atoms with E-state index in [2.05, 4.69) is 15.4 Å². The standard InChI is InChI=1S/C10H10Cl2N4O/c1-13-9-7(11)3-8(12)10(15-9)17-6-4-14-16(2)5-6/h3-5H,1-2H3,(H,13,15). The number of hydrogen-bond donors (Lipinski definition) is 1. The number of anilines is 1. The van der Waals surface area contributed by atoms with Crippen LogP contribution in [0.2, 0.25) is 10.0 Å². The molecule has 2 aromatic heterocycles. The smallest absolute Gasteiger partial charge is 0.240 e. The first-order chi connectivity index (χ1) is 8.10. The molecule has 0 fully saturated rings. The van der Waals surface area contributed by atoms with E-state index >= 15 is 0 Å². The molecule has 2 aromatic rings. The minimum Gasteiger partial charge on any atom is -0.434 e. The molecule has 0 saturated carbocycles. The molecule has 17 heavy (non-hydrogen) atoms. The molecular weight excluding hydrogens is 263 g/mol. The lowest BCUT2D eigenvalue weighted by Gasteiger charge is -2.08. The van der Waals surface area contributed by atoms with E-state index in [-0.39, 0.29) is 5.88 Å². The van der Waals surface area contributed by atoms with E-state index in [9.17, 15) is 0 Å². The van der Waals surface area contributed by atoms with Crippen LogP contribution in [0.5, 0.6) is 11.6 Å². The minimum atomic E-state index is 0.286. The van der Waals surface area contributed by atoms with E-state index in [4.69, 9.17) is 27.9 Å². The van der Waals surface area contributed by atoms with E-state index in [1.54, 1.807) is 37.2 Å². The van der Waals surface area contributed by atoms with Crippen molar-refractivity contribution in [1.29, 1.82) is 0 Å². The van der Waals surface area contributed by atoms with Gasteiger partial charge in [0.25, 0.3) is 0 Å². The Hall–Kier alpha value is -1.46. The van der Waals surface area contributed by atoms with Crippen LogP contribution in [0, 0.1) is 0 Å². The quantitative estimate of drug-likeness (QED) is 0.934. The summed E-state index contributed by atoms with van der Waals surface area (Å²) in [6.07, 6.45) is 3.29. The third-order valence-corrected chi connectivity index (χ3v) is 2.59. The summed E-state index contributed by atoms with van der Waals surface area (Å²) in [6.45, 7) is 0. The molecule has 0 aliphatic carbocycles.